The van der Waals surface area contributed by atoms with E-state index >= 15 is 0 Å². The second kappa shape index (κ2) is 3.86. The van der Waals surface area contributed by atoms with Crippen molar-refractivity contribution in [2.75, 3.05) is 18.9 Å². The zero-order chi connectivity index (χ0) is 10.9. The van der Waals surface area contributed by atoms with Gasteiger partial charge in [-0.25, -0.2) is 0 Å². The summed E-state index contributed by atoms with van der Waals surface area (Å²) < 4.78 is 0. The van der Waals surface area contributed by atoms with Crippen molar-refractivity contribution < 1.29 is 0 Å². The Morgan fingerprint density at radius 1 is 1.33 bits per heavy atom. The SMILES string of the molecule is CNc1ccccc1CN1CCC1(C)C. The summed E-state index contributed by atoms with van der Waals surface area (Å²) in [5, 5.41) is 3.25. The number of hydrogen-bond acceptors (Lipinski definition) is 2. The summed E-state index contributed by atoms with van der Waals surface area (Å²) in [5.74, 6) is 0. The van der Waals surface area contributed by atoms with E-state index < -0.39 is 0 Å². The Kier molecular flexibility index (Phi) is 2.70. The van der Waals surface area contributed by atoms with Crippen LogP contribution in [0.15, 0.2) is 24.3 Å². The molecule has 0 aromatic heterocycles. The molecule has 0 amide bonds. The van der Waals surface area contributed by atoms with Crippen molar-refractivity contribution in [3.63, 3.8) is 0 Å². The largest absolute Gasteiger partial charge is 0.388 e. The number of para-hydroxylation sites is 1. The van der Waals surface area contributed by atoms with Crippen LogP contribution < -0.4 is 5.32 Å². The molecule has 1 aliphatic heterocycles. The van der Waals surface area contributed by atoms with Gasteiger partial charge in [-0.05, 0) is 31.9 Å². The molecule has 2 rings (SSSR count). The van der Waals surface area contributed by atoms with Crippen molar-refractivity contribution in [1.29, 1.82) is 0 Å². The Balaban J connectivity index is 2.11. The van der Waals surface area contributed by atoms with Gasteiger partial charge in [-0.1, -0.05) is 18.2 Å². The smallest absolute Gasteiger partial charge is 0.0383 e. The van der Waals surface area contributed by atoms with E-state index in [1.807, 2.05) is 7.05 Å². The van der Waals surface area contributed by atoms with Crippen molar-refractivity contribution >= 4 is 5.69 Å². The number of benzene rings is 1. The lowest BCUT2D eigenvalue weighted by Crippen LogP contribution is -2.54. The highest BCUT2D eigenvalue weighted by Gasteiger charge is 2.35. The molecule has 1 aliphatic rings. The summed E-state index contributed by atoms with van der Waals surface area (Å²) in [4.78, 5) is 2.53. The average Bonchev–Trinajstić information content (AvgIpc) is 2.25. The molecule has 1 aromatic carbocycles. The van der Waals surface area contributed by atoms with Gasteiger partial charge < -0.3 is 5.32 Å². The lowest BCUT2D eigenvalue weighted by molar-refractivity contribution is 0.00812. The minimum absolute atomic E-state index is 0.390. The van der Waals surface area contributed by atoms with Crippen LogP contribution in [0, 0.1) is 0 Å². The van der Waals surface area contributed by atoms with Crippen molar-refractivity contribution in [3.8, 4) is 0 Å². The number of likely N-dealkylation sites (tertiary alicyclic amines) is 1. The second-order valence-electron chi connectivity index (χ2n) is 4.89. The molecule has 1 fully saturated rings. The fraction of sp³-hybridized carbons (Fsp3) is 0.538. The summed E-state index contributed by atoms with van der Waals surface area (Å²) in [6.07, 6.45) is 1.31. The van der Waals surface area contributed by atoms with Gasteiger partial charge in [-0.15, -0.1) is 0 Å². The summed E-state index contributed by atoms with van der Waals surface area (Å²) in [7, 11) is 1.99. The summed E-state index contributed by atoms with van der Waals surface area (Å²) in [6, 6.07) is 8.54. The summed E-state index contributed by atoms with van der Waals surface area (Å²) >= 11 is 0. The molecule has 0 atom stereocenters. The maximum atomic E-state index is 3.25. The Bertz CT molecular complexity index is 344. The minimum Gasteiger partial charge on any atom is -0.388 e. The molecule has 1 aromatic rings. The van der Waals surface area contributed by atoms with Crippen LogP contribution in [0.1, 0.15) is 25.8 Å². The van der Waals surface area contributed by atoms with Gasteiger partial charge in [0.05, 0.1) is 0 Å². The minimum atomic E-state index is 0.390. The van der Waals surface area contributed by atoms with E-state index in [2.05, 4.69) is 48.3 Å². The lowest BCUT2D eigenvalue weighted by Gasteiger charge is -2.48. The maximum Gasteiger partial charge on any atom is 0.0383 e. The second-order valence-corrected chi connectivity index (χ2v) is 4.89. The molecule has 0 radical (unpaired) electrons. The number of nitrogens with zero attached hydrogens (tertiary/aromatic N) is 1. The molecule has 0 saturated carbocycles. The molecule has 15 heavy (non-hydrogen) atoms. The first kappa shape index (κ1) is 10.5. The predicted molar refractivity (Wildman–Crippen MR) is 65.1 cm³/mol. The van der Waals surface area contributed by atoms with E-state index in [9.17, 15) is 0 Å². The average molecular weight is 204 g/mol. The van der Waals surface area contributed by atoms with Crippen LogP contribution in [-0.2, 0) is 6.54 Å². The van der Waals surface area contributed by atoms with E-state index in [1.54, 1.807) is 0 Å². The first-order chi connectivity index (χ1) is 7.13. The topological polar surface area (TPSA) is 15.3 Å². The predicted octanol–water partition coefficient (Wildman–Crippen LogP) is 2.71. The molecule has 0 unspecified atom stereocenters. The fourth-order valence-corrected chi connectivity index (χ4v) is 2.12. The van der Waals surface area contributed by atoms with Gasteiger partial charge >= 0.3 is 0 Å². The van der Waals surface area contributed by atoms with Gasteiger partial charge in [0.25, 0.3) is 0 Å². The zero-order valence-corrected chi connectivity index (χ0v) is 9.88. The molecule has 0 spiro atoms. The number of hydrogen-bond donors (Lipinski definition) is 1. The third kappa shape index (κ3) is 2.00. The van der Waals surface area contributed by atoms with Crippen molar-refractivity contribution in [3.05, 3.63) is 29.8 Å². The van der Waals surface area contributed by atoms with E-state index in [1.165, 1.54) is 24.2 Å². The molecule has 0 aliphatic carbocycles. The third-order valence-corrected chi connectivity index (χ3v) is 3.50. The van der Waals surface area contributed by atoms with E-state index in [-0.39, 0.29) is 0 Å². The molecule has 1 N–H and O–H groups in total. The van der Waals surface area contributed by atoms with Gasteiger partial charge in [0, 0.05) is 31.4 Å². The number of rotatable bonds is 3. The highest BCUT2D eigenvalue weighted by molar-refractivity contribution is 5.50. The molecule has 1 saturated heterocycles. The van der Waals surface area contributed by atoms with Crippen LogP contribution in [0.2, 0.25) is 0 Å². The van der Waals surface area contributed by atoms with Crippen LogP contribution in [0.5, 0.6) is 0 Å². The van der Waals surface area contributed by atoms with Gasteiger partial charge in [0.15, 0.2) is 0 Å². The summed E-state index contributed by atoms with van der Waals surface area (Å²) in [5.41, 5.74) is 3.04. The molecular weight excluding hydrogens is 184 g/mol. The number of nitrogens with one attached hydrogen (secondary N) is 1. The molecule has 0 bridgehead atoms. The summed E-state index contributed by atoms with van der Waals surface area (Å²) in [6.45, 7) is 6.92. The van der Waals surface area contributed by atoms with Gasteiger partial charge in [0.2, 0.25) is 0 Å². The third-order valence-electron chi connectivity index (χ3n) is 3.50. The van der Waals surface area contributed by atoms with E-state index in [0.29, 0.717) is 5.54 Å². The van der Waals surface area contributed by atoms with Gasteiger partial charge in [-0.3, -0.25) is 4.90 Å². The molecular formula is C13H20N2. The molecule has 1 heterocycles. The number of anilines is 1. The Morgan fingerprint density at radius 2 is 2.07 bits per heavy atom. The van der Waals surface area contributed by atoms with Crippen molar-refractivity contribution in [1.82, 2.24) is 4.90 Å². The Labute approximate surface area is 92.3 Å². The van der Waals surface area contributed by atoms with Crippen LogP contribution in [0.3, 0.4) is 0 Å². The van der Waals surface area contributed by atoms with Crippen LogP contribution in [-0.4, -0.2) is 24.0 Å². The first-order valence-electron chi connectivity index (χ1n) is 5.64. The molecule has 2 nitrogen and oxygen atoms in total. The van der Waals surface area contributed by atoms with Gasteiger partial charge in [-0.2, -0.15) is 0 Å². The zero-order valence-electron chi connectivity index (χ0n) is 9.88. The molecule has 2 heteroatoms. The standard InChI is InChI=1S/C13H20N2/c1-13(2)8-9-15(13)10-11-6-4-5-7-12(11)14-3/h4-7,14H,8-10H2,1-3H3. The van der Waals surface area contributed by atoms with Crippen LogP contribution >= 0.6 is 0 Å². The monoisotopic (exact) mass is 204 g/mol. The van der Waals surface area contributed by atoms with Crippen LogP contribution in [0.4, 0.5) is 5.69 Å². The fourth-order valence-electron chi connectivity index (χ4n) is 2.12. The Morgan fingerprint density at radius 3 is 2.60 bits per heavy atom. The highest BCUT2D eigenvalue weighted by atomic mass is 15.2. The lowest BCUT2D eigenvalue weighted by atomic mass is 9.88. The quantitative estimate of drug-likeness (QED) is 0.814. The van der Waals surface area contributed by atoms with Crippen LogP contribution in [0.25, 0.3) is 0 Å². The first-order valence-corrected chi connectivity index (χ1v) is 5.64. The normalized spacial score (nSPS) is 19.7. The van der Waals surface area contributed by atoms with Gasteiger partial charge in [0.1, 0.15) is 0 Å². The van der Waals surface area contributed by atoms with E-state index in [4.69, 9.17) is 0 Å². The van der Waals surface area contributed by atoms with Crippen molar-refractivity contribution in [2.24, 2.45) is 0 Å². The van der Waals surface area contributed by atoms with Crippen molar-refractivity contribution in [2.45, 2.75) is 32.4 Å². The van der Waals surface area contributed by atoms with E-state index in [0.717, 1.165) is 6.54 Å². The highest BCUT2D eigenvalue weighted by Crippen LogP contribution is 2.32. The Hall–Kier alpha value is -1.02. The maximum absolute atomic E-state index is 3.25. The molecule has 82 valence electrons.